The smallest absolute Gasteiger partial charge is 0.257 e. The van der Waals surface area contributed by atoms with Crippen molar-refractivity contribution in [3.8, 4) is 0 Å². The van der Waals surface area contributed by atoms with Crippen molar-refractivity contribution in [2.45, 2.75) is 19.9 Å². The lowest BCUT2D eigenvalue weighted by atomic mass is 10.0. The Kier molecular flexibility index (Phi) is 3.89. The van der Waals surface area contributed by atoms with Crippen LogP contribution in [0.3, 0.4) is 0 Å². The molecule has 1 atom stereocenters. The Hall–Kier alpha value is -2.28. The molecule has 0 bridgehead atoms. The summed E-state index contributed by atoms with van der Waals surface area (Å²) in [6, 6.07) is 1.13. The molecule has 0 saturated carbocycles. The van der Waals surface area contributed by atoms with Gasteiger partial charge in [0, 0.05) is 24.0 Å². The lowest BCUT2D eigenvalue weighted by Crippen LogP contribution is -2.44. The summed E-state index contributed by atoms with van der Waals surface area (Å²) in [5.74, 6) is -0.966. The van der Waals surface area contributed by atoms with Gasteiger partial charge in [-0.1, -0.05) is 0 Å². The maximum Gasteiger partial charge on any atom is 0.257 e. The Labute approximate surface area is 127 Å². The van der Waals surface area contributed by atoms with Gasteiger partial charge in [0.2, 0.25) is 0 Å². The van der Waals surface area contributed by atoms with Crippen LogP contribution in [0.25, 0.3) is 0 Å². The van der Waals surface area contributed by atoms with E-state index in [4.69, 9.17) is 4.74 Å². The minimum absolute atomic E-state index is 0.0284. The van der Waals surface area contributed by atoms with Crippen LogP contribution in [0, 0.1) is 19.7 Å². The number of nitrogens with zero attached hydrogens (tertiary/aromatic N) is 3. The third-order valence-electron chi connectivity index (χ3n) is 3.91. The number of aromatic nitrogens is 3. The second-order valence-corrected chi connectivity index (χ2v) is 5.29. The van der Waals surface area contributed by atoms with Crippen LogP contribution in [0.2, 0.25) is 0 Å². The summed E-state index contributed by atoms with van der Waals surface area (Å²) in [6.07, 6.45) is 2.47. The van der Waals surface area contributed by atoms with Gasteiger partial charge < -0.3 is 9.64 Å². The number of ether oxygens (including phenoxy) is 1. The van der Waals surface area contributed by atoms with Crippen molar-refractivity contribution in [1.82, 2.24) is 20.1 Å². The van der Waals surface area contributed by atoms with Crippen LogP contribution < -0.4 is 0 Å². The van der Waals surface area contributed by atoms with Gasteiger partial charge in [0.25, 0.3) is 5.91 Å². The molecule has 1 fully saturated rings. The van der Waals surface area contributed by atoms with Crippen molar-refractivity contribution in [3.05, 3.63) is 46.8 Å². The number of aromatic amines is 1. The number of carbonyl (C=O) groups is 1. The Balaban J connectivity index is 1.97. The normalized spacial score (nSPS) is 18.5. The van der Waals surface area contributed by atoms with Gasteiger partial charge in [0.05, 0.1) is 36.7 Å². The number of halogens is 1. The van der Waals surface area contributed by atoms with E-state index in [1.165, 1.54) is 12.3 Å². The zero-order valence-corrected chi connectivity index (χ0v) is 12.5. The molecule has 3 heterocycles. The summed E-state index contributed by atoms with van der Waals surface area (Å²) in [4.78, 5) is 18.1. The van der Waals surface area contributed by atoms with Gasteiger partial charge in [-0.2, -0.15) is 5.10 Å². The van der Waals surface area contributed by atoms with E-state index in [1.807, 2.05) is 13.8 Å². The van der Waals surface area contributed by atoms with Gasteiger partial charge in [-0.15, -0.1) is 0 Å². The summed E-state index contributed by atoms with van der Waals surface area (Å²) in [6.45, 7) is 5.00. The number of amides is 1. The molecule has 0 spiro atoms. The number of morpholine rings is 1. The molecule has 7 heteroatoms. The second-order valence-electron chi connectivity index (χ2n) is 5.29. The second kappa shape index (κ2) is 5.84. The van der Waals surface area contributed by atoms with Gasteiger partial charge in [-0.05, 0) is 19.9 Å². The van der Waals surface area contributed by atoms with E-state index >= 15 is 0 Å². The number of carbonyl (C=O) groups excluding carboxylic acids is 1. The van der Waals surface area contributed by atoms with E-state index < -0.39 is 5.82 Å². The predicted molar refractivity (Wildman–Crippen MR) is 76.9 cm³/mol. The predicted octanol–water partition coefficient (Wildman–Crippen LogP) is 1.77. The van der Waals surface area contributed by atoms with E-state index in [0.29, 0.717) is 19.8 Å². The van der Waals surface area contributed by atoms with Crippen LogP contribution in [-0.4, -0.2) is 45.7 Å². The summed E-state index contributed by atoms with van der Waals surface area (Å²) in [5.41, 5.74) is 2.67. The highest BCUT2D eigenvalue weighted by molar-refractivity contribution is 5.94. The molecule has 2 aromatic rings. The fourth-order valence-corrected chi connectivity index (χ4v) is 2.84. The number of nitrogens with one attached hydrogen (secondary N) is 1. The van der Waals surface area contributed by atoms with Crippen molar-refractivity contribution in [3.63, 3.8) is 0 Å². The van der Waals surface area contributed by atoms with Crippen LogP contribution in [0.15, 0.2) is 18.5 Å². The molecule has 0 aliphatic carbocycles. The van der Waals surface area contributed by atoms with Gasteiger partial charge in [-0.3, -0.25) is 14.9 Å². The molecule has 1 saturated heterocycles. The summed E-state index contributed by atoms with van der Waals surface area (Å²) in [5, 5.41) is 7.09. The monoisotopic (exact) mass is 304 g/mol. The first-order valence-corrected chi connectivity index (χ1v) is 7.09. The Morgan fingerprint density at radius 3 is 3.00 bits per heavy atom. The van der Waals surface area contributed by atoms with Crippen molar-refractivity contribution >= 4 is 5.91 Å². The minimum Gasteiger partial charge on any atom is -0.377 e. The van der Waals surface area contributed by atoms with Gasteiger partial charge >= 0.3 is 0 Å². The van der Waals surface area contributed by atoms with Crippen LogP contribution in [0.4, 0.5) is 4.39 Å². The highest BCUT2D eigenvalue weighted by Crippen LogP contribution is 2.29. The highest BCUT2D eigenvalue weighted by Gasteiger charge is 2.33. The molecule has 1 aliphatic heterocycles. The van der Waals surface area contributed by atoms with Crippen LogP contribution in [-0.2, 0) is 4.74 Å². The summed E-state index contributed by atoms with van der Waals surface area (Å²) in [7, 11) is 0. The summed E-state index contributed by atoms with van der Waals surface area (Å²) >= 11 is 0. The average Bonchev–Trinajstić information content (AvgIpc) is 2.86. The molecule has 2 aromatic heterocycles. The maximum atomic E-state index is 13.9. The van der Waals surface area contributed by atoms with Crippen LogP contribution in [0.5, 0.6) is 0 Å². The molecule has 22 heavy (non-hydrogen) atoms. The fraction of sp³-hybridized carbons (Fsp3) is 0.400. The summed E-state index contributed by atoms with van der Waals surface area (Å²) < 4.78 is 19.4. The molecule has 1 aliphatic rings. The van der Waals surface area contributed by atoms with Crippen molar-refractivity contribution < 1.29 is 13.9 Å². The van der Waals surface area contributed by atoms with E-state index in [9.17, 15) is 9.18 Å². The topological polar surface area (TPSA) is 71.1 Å². The number of aryl methyl sites for hydroxylation is 2. The van der Waals surface area contributed by atoms with Gasteiger partial charge in [0.1, 0.15) is 0 Å². The molecule has 0 aromatic carbocycles. The first-order chi connectivity index (χ1) is 10.6. The zero-order valence-electron chi connectivity index (χ0n) is 12.5. The Morgan fingerprint density at radius 2 is 2.32 bits per heavy atom. The largest absolute Gasteiger partial charge is 0.377 e. The zero-order chi connectivity index (χ0) is 15.7. The molecule has 3 rings (SSSR count). The van der Waals surface area contributed by atoms with Crippen molar-refractivity contribution in [2.24, 2.45) is 0 Å². The Bertz CT molecular complexity index is 681. The number of pyridine rings is 1. The molecular weight excluding hydrogens is 287 g/mol. The number of hydrogen-bond donors (Lipinski definition) is 1. The average molecular weight is 304 g/mol. The lowest BCUT2D eigenvalue weighted by molar-refractivity contribution is -0.00326. The molecule has 1 N–H and O–H groups in total. The number of H-pyrrole nitrogens is 1. The standard InChI is InChI=1S/C15H17FN4O2/c1-9-14(10(2)19-18-9)13-8-22-6-5-20(13)15(21)11-3-4-17-7-12(11)16/h3-4,7,13H,5-6,8H2,1-2H3,(H,18,19). The van der Waals surface area contributed by atoms with Crippen LogP contribution in [0.1, 0.15) is 33.4 Å². The molecule has 116 valence electrons. The van der Waals surface area contributed by atoms with Gasteiger partial charge in [0.15, 0.2) is 5.82 Å². The Morgan fingerprint density at radius 1 is 1.50 bits per heavy atom. The van der Waals surface area contributed by atoms with Crippen LogP contribution >= 0.6 is 0 Å². The third kappa shape index (κ3) is 2.48. The molecular formula is C15H17FN4O2. The van der Waals surface area contributed by atoms with E-state index in [-0.39, 0.29) is 17.5 Å². The van der Waals surface area contributed by atoms with Gasteiger partial charge in [-0.25, -0.2) is 4.39 Å². The number of rotatable bonds is 2. The quantitative estimate of drug-likeness (QED) is 0.918. The minimum atomic E-state index is -0.613. The molecule has 6 nitrogen and oxygen atoms in total. The highest BCUT2D eigenvalue weighted by atomic mass is 19.1. The first-order valence-electron chi connectivity index (χ1n) is 7.09. The molecule has 1 amide bonds. The fourth-order valence-electron chi connectivity index (χ4n) is 2.84. The molecule has 0 radical (unpaired) electrons. The first kappa shape index (κ1) is 14.6. The van der Waals surface area contributed by atoms with E-state index in [0.717, 1.165) is 23.1 Å². The SMILES string of the molecule is Cc1n[nH]c(C)c1C1COCCN1C(=O)c1ccncc1F. The lowest BCUT2D eigenvalue weighted by Gasteiger charge is -2.36. The number of hydrogen-bond acceptors (Lipinski definition) is 4. The van der Waals surface area contributed by atoms with Crippen molar-refractivity contribution in [2.75, 3.05) is 19.8 Å². The van der Waals surface area contributed by atoms with E-state index in [2.05, 4.69) is 15.2 Å². The van der Waals surface area contributed by atoms with E-state index in [1.54, 1.807) is 4.90 Å². The molecule has 1 unspecified atom stereocenters. The maximum absolute atomic E-state index is 13.9. The third-order valence-corrected chi connectivity index (χ3v) is 3.91. The van der Waals surface area contributed by atoms with Crippen molar-refractivity contribution in [1.29, 1.82) is 0 Å².